The summed E-state index contributed by atoms with van der Waals surface area (Å²) in [6.45, 7) is 6.11. The normalized spacial score (nSPS) is 24.2. The zero-order valence-electron chi connectivity index (χ0n) is 16.0. The van der Waals surface area contributed by atoms with Gasteiger partial charge in [-0.3, -0.25) is 14.3 Å². The predicted molar refractivity (Wildman–Crippen MR) is 102 cm³/mol. The fraction of sp³-hybridized carbons (Fsp3) is 0.500. The Bertz CT molecular complexity index is 886. The molecule has 3 N–H and O–H groups in total. The van der Waals surface area contributed by atoms with Crippen molar-refractivity contribution in [2.24, 2.45) is 5.73 Å². The molecule has 1 aromatic heterocycles. The summed E-state index contributed by atoms with van der Waals surface area (Å²) in [6, 6.07) is 9.32. The number of hydrogen-bond donors (Lipinski definition) is 2. The van der Waals surface area contributed by atoms with E-state index in [1.54, 1.807) is 6.92 Å². The Morgan fingerprint density at radius 1 is 1.22 bits per heavy atom. The number of nitrogens with one attached hydrogen (secondary N) is 1. The van der Waals surface area contributed by atoms with Crippen molar-refractivity contribution in [3.05, 3.63) is 68.5 Å². The van der Waals surface area contributed by atoms with E-state index in [1.807, 2.05) is 44.2 Å². The van der Waals surface area contributed by atoms with Crippen LogP contribution in [0.5, 0.6) is 0 Å². The van der Waals surface area contributed by atoms with Crippen LogP contribution in [0.3, 0.4) is 0 Å². The summed E-state index contributed by atoms with van der Waals surface area (Å²) >= 11 is 0. The van der Waals surface area contributed by atoms with Crippen LogP contribution in [0.1, 0.15) is 44.0 Å². The summed E-state index contributed by atoms with van der Waals surface area (Å²) in [5.41, 5.74) is 6.45. The predicted octanol–water partition coefficient (Wildman–Crippen LogP) is 1.85. The molecular formula is C20H27N3O4. The van der Waals surface area contributed by atoms with E-state index in [-0.39, 0.29) is 6.10 Å². The first-order valence-corrected chi connectivity index (χ1v) is 9.33. The summed E-state index contributed by atoms with van der Waals surface area (Å²) in [5.74, 6) is 0. The molecule has 0 amide bonds. The van der Waals surface area contributed by atoms with Gasteiger partial charge in [0.1, 0.15) is 6.10 Å². The average Bonchev–Trinajstić information content (AvgIpc) is 2.96. The minimum absolute atomic E-state index is 0.378. The second-order valence-corrected chi connectivity index (χ2v) is 7.05. The van der Waals surface area contributed by atoms with Gasteiger partial charge in [-0.15, -0.1) is 0 Å². The molecule has 7 nitrogen and oxygen atoms in total. The number of hydrogen-bond acceptors (Lipinski definition) is 5. The fourth-order valence-corrected chi connectivity index (χ4v) is 3.75. The maximum absolute atomic E-state index is 12.3. The molecule has 1 aromatic carbocycles. The SMILES string of the molecule is CCC1(CC)O[C@@H](n2cc(C)c(=O)[nH]c2=O)[C@@H](N)C1OCc1ccccc1. The second kappa shape index (κ2) is 7.80. The van der Waals surface area contributed by atoms with Crippen molar-refractivity contribution in [1.82, 2.24) is 9.55 Å². The van der Waals surface area contributed by atoms with E-state index in [2.05, 4.69) is 4.98 Å². The second-order valence-electron chi connectivity index (χ2n) is 7.05. The molecule has 27 heavy (non-hydrogen) atoms. The van der Waals surface area contributed by atoms with E-state index < -0.39 is 29.1 Å². The molecule has 1 unspecified atom stereocenters. The molecule has 2 heterocycles. The highest BCUT2D eigenvalue weighted by Gasteiger charge is 2.53. The Morgan fingerprint density at radius 2 is 1.89 bits per heavy atom. The van der Waals surface area contributed by atoms with Crippen LogP contribution in [0, 0.1) is 6.92 Å². The molecule has 3 rings (SSSR count). The first-order valence-electron chi connectivity index (χ1n) is 9.33. The highest BCUT2D eigenvalue weighted by molar-refractivity contribution is 5.14. The van der Waals surface area contributed by atoms with Gasteiger partial charge in [0.15, 0.2) is 6.23 Å². The molecule has 146 valence electrons. The number of aromatic amines is 1. The highest BCUT2D eigenvalue weighted by atomic mass is 16.6. The Labute approximate surface area is 158 Å². The van der Waals surface area contributed by atoms with Gasteiger partial charge in [0.25, 0.3) is 5.56 Å². The van der Waals surface area contributed by atoms with Crippen LogP contribution >= 0.6 is 0 Å². The van der Waals surface area contributed by atoms with Gasteiger partial charge in [0.2, 0.25) is 0 Å². The minimum atomic E-state index is -0.700. The summed E-state index contributed by atoms with van der Waals surface area (Å²) in [4.78, 5) is 26.3. The van der Waals surface area contributed by atoms with Crippen LogP contribution in [0.15, 0.2) is 46.1 Å². The Morgan fingerprint density at radius 3 is 2.52 bits per heavy atom. The zero-order valence-corrected chi connectivity index (χ0v) is 16.0. The van der Waals surface area contributed by atoms with Crippen LogP contribution < -0.4 is 17.0 Å². The molecule has 3 atom stereocenters. The molecule has 2 aromatic rings. The first kappa shape index (κ1) is 19.5. The average molecular weight is 373 g/mol. The maximum atomic E-state index is 12.3. The Balaban J connectivity index is 1.92. The monoisotopic (exact) mass is 373 g/mol. The van der Waals surface area contributed by atoms with Crippen molar-refractivity contribution in [2.75, 3.05) is 0 Å². The van der Waals surface area contributed by atoms with E-state index in [0.29, 0.717) is 25.0 Å². The van der Waals surface area contributed by atoms with E-state index in [1.165, 1.54) is 10.8 Å². The molecule has 1 saturated heterocycles. The van der Waals surface area contributed by atoms with Gasteiger partial charge in [-0.05, 0) is 25.3 Å². The molecule has 0 aliphatic carbocycles. The van der Waals surface area contributed by atoms with Gasteiger partial charge < -0.3 is 15.2 Å². The van der Waals surface area contributed by atoms with E-state index in [0.717, 1.165) is 5.56 Å². The molecule has 0 saturated carbocycles. The van der Waals surface area contributed by atoms with Crippen molar-refractivity contribution in [2.45, 2.75) is 64.2 Å². The standard InChI is InChI=1S/C20H27N3O4/c1-4-20(5-2)16(26-12-14-9-7-6-8-10-14)15(21)18(27-20)23-11-13(3)17(24)22-19(23)25/h6-11,15-16,18H,4-5,12,21H2,1-3H3,(H,22,24,25)/t15-,16?,18+/m0/s1. The minimum Gasteiger partial charge on any atom is -0.369 e. The topological polar surface area (TPSA) is 99.3 Å². The van der Waals surface area contributed by atoms with Crippen LogP contribution in [0.4, 0.5) is 0 Å². The number of aromatic nitrogens is 2. The van der Waals surface area contributed by atoms with Gasteiger partial charge in [-0.25, -0.2) is 4.79 Å². The van der Waals surface area contributed by atoms with Gasteiger partial charge in [0, 0.05) is 11.8 Å². The van der Waals surface area contributed by atoms with Crippen LogP contribution in [-0.2, 0) is 16.1 Å². The van der Waals surface area contributed by atoms with Crippen molar-refractivity contribution in [3.63, 3.8) is 0 Å². The number of nitrogens with two attached hydrogens (primary N) is 1. The fourth-order valence-electron chi connectivity index (χ4n) is 3.75. The largest absolute Gasteiger partial charge is 0.369 e. The van der Waals surface area contributed by atoms with E-state index in [9.17, 15) is 9.59 Å². The number of rotatable bonds is 6. The molecule has 0 bridgehead atoms. The molecular weight excluding hydrogens is 346 g/mol. The summed E-state index contributed by atoms with van der Waals surface area (Å²) < 4.78 is 13.9. The number of aryl methyl sites for hydroxylation is 1. The third kappa shape index (κ3) is 3.63. The maximum Gasteiger partial charge on any atom is 0.330 e. The van der Waals surface area contributed by atoms with Gasteiger partial charge in [-0.1, -0.05) is 44.2 Å². The molecule has 0 radical (unpaired) electrons. The lowest BCUT2D eigenvalue weighted by molar-refractivity contribution is -0.125. The molecule has 1 aliphatic rings. The number of ether oxygens (including phenoxy) is 2. The van der Waals surface area contributed by atoms with E-state index in [4.69, 9.17) is 15.2 Å². The van der Waals surface area contributed by atoms with Crippen molar-refractivity contribution in [1.29, 1.82) is 0 Å². The van der Waals surface area contributed by atoms with E-state index >= 15 is 0 Å². The van der Waals surface area contributed by atoms with Crippen molar-refractivity contribution in [3.8, 4) is 0 Å². The Kier molecular flexibility index (Phi) is 5.64. The van der Waals surface area contributed by atoms with Gasteiger partial charge in [0.05, 0.1) is 18.2 Å². The Hall–Kier alpha value is -2.22. The van der Waals surface area contributed by atoms with Crippen LogP contribution in [0.2, 0.25) is 0 Å². The lowest BCUT2D eigenvalue weighted by atomic mass is 9.88. The highest BCUT2D eigenvalue weighted by Crippen LogP contribution is 2.42. The third-order valence-electron chi connectivity index (χ3n) is 5.44. The lowest BCUT2D eigenvalue weighted by Crippen LogP contribution is -2.48. The molecule has 1 fully saturated rings. The number of nitrogens with zero attached hydrogens (tertiary/aromatic N) is 1. The first-order chi connectivity index (χ1) is 12.9. The van der Waals surface area contributed by atoms with Crippen LogP contribution in [-0.4, -0.2) is 27.3 Å². The van der Waals surface area contributed by atoms with Gasteiger partial charge in [-0.2, -0.15) is 0 Å². The number of benzene rings is 1. The summed E-state index contributed by atoms with van der Waals surface area (Å²) in [5, 5.41) is 0. The molecule has 7 heteroatoms. The zero-order chi connectivity index (χ0) is 19.6. The van der Waals surface area contributed by atoms with Crippen molar-refractivity contribution < 1.29 is 9.47 Å². The summed E-state index contributed by atoms with van der Waals surface area (Å²) in [6.07, 6.45) is 1.82. The van der Waals surface area contributed by atoms with Crippen LogP contribution in [0.25, 0.3) is 0 Å². The number of H-pyrrole nitrogens is 1. The molecule has 1 aliphatic heterocycles. The van der Waals surface area contributed by atoms with Crippen molar-refractivity contribution >= 4 is 0 Å². The quantitative estimate of drug-likeness (QED) is 0.805. The lowest BCUT2D eigenvalue weighted by Gasteiger charge is -2.33. The third-order valence-corrected chi connectivity index (χ3v) is 5.44. The molecule has 0 spiro atoms. The van der Waals surface area contributed by atoms with Gasteiger partial charge >= 0.3 is 5.69 Å². The summed E-state index contributed by atoms with van der Waals surface area (Å²) in [7, 11) is 0. The smallest absolute Gasteiger partial charge is 0.330 e.